The molecule has 0 radical (unpaired) electrons. The van der Waals surface area contributed by atoms with Crippen molar-refractivity contribution < 1.29 is 14.6 Å². The van der Waals surface area contributed by atoms with Crippen LogP contribution in [-0.2, 0) is 11.2 Å². The van der Waals surface area contributed by atoms with Crippen LogP contribution in [0.2, 0.25) is 0 Å². The molecule has 0 heterocycles. The summed E-state index contributed by atoms with van der Waals surface area (Å²) < 4.78 is 5.07. The van der Waals surface area contributed by atoms with E-state index in [2.05, 4.69) is 10.6 Å². The minimum absolute atomic E-state index is 0.0143. The zero-order valence-electron chi connectivity index (χ0n) is 12.0. The van der Waals surface area contributed by atoms with Crippen LogP contribution < -0.4 is 15.4 Å². The summed E-state index contributed by atoms with van der Waals surface area (Å²) in [6.07, 6.45) is 0.229. The number of carbonyl (C=O) groups excluding carboxylic acids is 1. The molecular weight excluding hydrogens is 300 g/mol. The molecule has 5 nitrogen and oxygen atoms in total. The number of benzene rings is 2. The summed E-state index contributed by atoms with van der Waals surface area (Å²) in [4.78, 5) is 11.9. The molecule has 0 aromatic heterocycles. The van der Waals surface area contributed by atoms with E-state index in [4.69, 9.17) is 17.0 Å². The fourth-order valence-electron chi connectivity index (χ4n) is 1.85. The Hall–Kier alpha value is -2.60. The molecule has 6 heteroatoms. The highest BCUT2D eigenvalue weighted by Gasteiger charge is 2.09. The van der Waals surface area contributed by atoms with Crippen molar-refractivity contribution in [2.45, 2.75) is 6.42 Å². The Bertz CT molecular complexity index is 674. The van der Waals surface area contributed by atoms with Crippen LogP contribution in [0.1, 0.15) is 5.56 Å². The molecule has 0 spiro atoms. The third-order valence-electron chi connectivity index (χ3n) is 2.91. The van der Waals surface area contributed by atoms with Crippen molar-refractivity contribution >= 4 is 28.9 Å². The van der Waals surface area contributed by atoms with Crippen molar-refractivity contribution in [2.75, 3.05) is 12.4 Å². The van der Waals surface area contributed by atoms with E-state index >= 15 is 0 Å². The summed E-state index contributed by atoms with van der Waals surface area (Å²) in [5, 5.41) is 15.2. The molecule has 3 N–H and O–H groups in total. The molecule has 0 bridgehead atoms. The van der Waals surface area contributed by atoms with Crippen molar-refractivity contribution in [1.82, 2.24) is 5.32 Å². The zero-order chi connectivity index (χ0) is 15.9. The maximum Gasteiger partial charge on any atom is 0.230 e. The van der Waals surface area contributed by atoms with Gasteiger partial charge in [-0.3, -0.25) is 4.79 Å². The number of nitrogens with one attached hydrogen (secondary N) is 2. The lowest BCUT2D eigenvalue weighted by Crippen LogP contribution is -2.35. The standard InChI is InChI=1S/C16H16N2O3S/c1-21-12-7-8-14(19)13(10-12)17-16(22)18-15(20)9-11-5-3-2-4-6-11/h2-8,10,19H,9H2,1H3,(H2,17,18,20,22). The van der Waals surface area contributed by atoms with Crippen LogP contribution in [0.25, 0.3) is 0 Å². The van der Waals surface area contributed by atoms with Crippen molar-refractivity contribution in [2.24, 2.45) is 0 Å². The van der Waals surface area contributed by atoms with Gasteiger partial charge in [0.25, 0.3) is 0 Å². The van der Waals surface area contributed by atoms with Crippen LogP contribution >= 0.6 is 12.2 Å². The molecule has 0 fully saturated rings. The van der Waals surface area contributed by atoms with E-state index in [1.54, 1.807) is 12.1 Å². The summed E-state index contributed by atoms with van der Waals surface area (Å²) in [7, 11) is 1.52. The van der Waals surface area contributed by atoms with Gasteiger partial charge in [-0.25, -0.2) is 0 Å². The van der Waals surface area contributed by atoms with Crippen molar-refractivity contribution in [3.63, 3.8) is 0 Å². The third kappa shape index (κ3) is 4.46. The molecule has 1 amide bonds. The van der Waals surface area contributed by atoms with Crippen LogP contribution in [0.3, 0.4) is 0 Å². The fourth-order valence-corrected chi connectivity index (χ4v) is 2.07. The fraction of sp³-hybridized carbons (Fsp3) is 0.125. The summed E-state index contributed by atoms with van der Waals surface area (Å²) in [5.74, 6) is 0.352. The molecule has 22 heavy (non-hydrogen) atoms. The highest BCUT2D eigenvalue weighted by Crippen LogP contribution is 2.27. The lowest BCUT2D eigenvalue weighted by atomic mass is 10.1. The van der Waals surface area contributed by atoms with E-state index in [0.29, 0.717) is 11.4 Å². The van der Waals surface area contributed by atoms with Crippen molar-refractivity contribution in [1.29, 1.82) is 0 Å². The third-order valence-corrected chi connectivity index (χ3v) is 3.12. The number of thiocarbonyl (C=S) groups is 1. The molecule has 0 saturated heterocycles. The number of ether oxygens (including phenoxy) is 1. The SMILES string of the molecule is COc1ccc(O)c(NC(=S)NC(=O)Cc2ccccc2)c1. The highest BCUT2D eigenvalue weighted by molar-refractivity contribution is 7.80. The molecule has 2 aromatic rings. The number of aromatic hydroxyl groups is 1. The van der Waals surface area contributed by atoms with E-state index in [1.165, 1.54) is 13.2 Å². The Labute approximate surface area is 133 Å². The van der Waals surface area contributed by atoms with E-state index in [1.807, 2.05) is 30.3 Å². The molecule has 0 atom stereocenters. The van der Waals surface area contributed by atoms with E-state index in [9.17, 15) is 9.90 Å². The van der Waals surface area contributed by atoms with Gasteiger partial charge in [0.2, 0.25) is 5.91 Å². The average Bonchev–Trinajstić information content (AvgIpc) is 2.50. The molecule has 2 aromatic carbocycles. The van der Waals surface area contributed by atoms with E-state index < -0.39 is 0 Å². The Morgan fingerprint density at radius 3 is 2.64 bits per heavy atom. The number of carbonyl (C=O) groups is 1. The van der Waals surface area contributed by atoms with E-state index in [-0.39, 0.29) is 23.2 Å². The van der Waals surface area contributed by atoms with Crippen LogP contribution in [0.15, 0.2) is 48.5 Å². The van der Waals surface area contributed by atoms with Gasteiger partial charge in [-0.2, -0.15) is 0 Å². The van der Waals surface area contributed by atoms with Gasteiger partial charge in [0.15, 0.2) is 5.11 Å². The largest absolute Gasteiger partial charge is 0.506 e. The lowest BCUT2D eigenvalue weighted by Gasteiger charge is -2.12. The van der Waals surface area contributed by atoms with Gasteiger partial charge in [0.05, 0.1) is 19.2 Å². The first-order chi connectivity index (χ1) is 10.6. The Morgan fingerprint density at radius 1 is 1.23 bits per heavy atom. The normalized spacial score (nSPS) is 9.86. The monoisotopic (exact) mass is 316 g/mol. The second kappa shape index (κ2) is 7.42. The summed E-state index contributed by atoms with van der Waals surface area (Å²) >= 11 is 5.07. The first kappa shape index (κ1) is 15.8. The van der Waals surface area contributed by atoms with E-state index in [0.717, 1.165) is 5.56 Å². The number of hydrogen-bond acceptors (Lipinski definition) is 4. The average molecular weight is 316 g/mol. The lowest BCUT2D eigenvalue weighted by molar-refractivity contribution is -0.119. The van der Waals surface area contributed by atoms with Gasteiger partial charge in [0.1, 0.15) is 11.5 Å². The number of phenolic OH excluding ortho intramolecular Hbond substituents is 1. The van der Waals surface area contributed by atoms with Gasteiger partial charge in [-0.1, -0.05) is 30.3 Å². The predicted octanol–water partition coefficient (Wildman–Crippen LogP) is 2.46. The summed E-state index contributed by atoms with van der Waals surface area (Å²) in [6.45, 7) is 0. The first-order valence-electron chi connectivity index (χ1n) is 6.60. The minimum atomic E-state index is -0.230. The van der Waals surface area contributed by atoms with Crippen LogP contribution in [-0.4, -0.2) is 23.2 Å². The first-order valence-corrected chi connectivity index (χ1v) is 7.01. The second-order valence-corrected chi connectivity index (χ2v) is 4.96. The van der Waals surface area contributed by atoms with Crippen molar-refractivity contribution in [3.8, 4) is 11.5 Å². The van der Waals surface area contributed by atoms with Gasteiger partial charge in [-0.15, -0.1) is 0 Å². The van der Waals surface area contributed by atoms with Crippen LogP contribution in [0.4, 0.5) is 5.69 Å². The minimum Gasteiger partial charge on any atom is -0.506 e. The molecule has 114 valence electrons. The molecule has 2 rings (SSSR count). The maximum absolute atomic E-state index is 11.9. The van der Waals surface area contributed by atoms with Gasteiger partial charge in [0, 0.05) is 6.07 Å². The van der Waals surface area contributed by atoms with Crippen molar-refractivity contribution in [3.05, 3.63) is 54.1 Å². The Morgan fingerprint density at radius 2 is 1.95 bits per heavy atom. The second-order valence-electron chi connectivity index (χ2n) is 4.55. The zero-order valence-corrected chi connectivity index (χ0v) is 12.8. The highest BCUT2D eigenvalue weighted by atomic mass is 32.1. The smallest absolute Gasteiger partial charge is 0.230 e. The van der Waals surface area contributed by atoms with Crippen LogP contribution in [0.5, 0.6) is 11.5 Å². The molecule has 0 unspecified atom stereocenters. The molecule has 0 saturated carbocycles. The van der Waals surface area contributed by atoms with Crippen LogP contribution in [0, 0.1) is 0 Å². The van der Waals surface area contributed by atoms with Gasteiger partial charge < -0.3 is 20.5 Å². The Kier molecular flexibility index (Phi) is 5.32. The number of methoxy groups -OCH3 is 1. The number of amides is 1. The quantitative estimate of drug-likeness (QED) is 0.597. The number of anilines is 1. The maximum atomic E-state index is 11.9. The molecular formula is C16H16N2O3S. The number of phenols is 1. The summed E-state index contributed by atoms with van der Waals surface area (Å²) in [5.41, 5.74) is 1.26. The molecule has 0 aliphatic rings. The van der Waals surface area contributed by atoms with Gasteiger partial charge >= 0.3 is 0 Å². The predicted molar refractivity (Wildman–Crippen MR) is 89.2 cm³/mol. The molecule has 0 aliphatic carbocycles. The number of rotatable bonds is 4. The topological polar surface area (TPSA) is 70.6 Å². The Balaban J connectivity index is 1.94. The summed E-state index contributed by atoms with van der Waals surface area (Å²) in [6, 6.07) is 14.0. The number of hydrogen-bond donors (Lipinski definition) is 3. The van der Waals surface area contributed by atoms with Gasteiger partial charge in [-0.05, 0) is 29.9 Å². The molecule has 0 aliphatic heterocycles.